The highest BCUT2D eigenvalue weighted by Gasteiger charge is 2.52. The third kappa shape index (κ3) is 2.69. The molecule has 0 aromatic heterocycles. The van der Waals surface area contributed by atoms with E-state index >= 15 is 0 Å². The molecule has 1 aliphatic rings. The van der Waals surface area contributed by atoms with E-state index in [1.54, 1.807) is 12.1 Å². The number of benzene rings is 1. The molecule has 1 nitrogen and oxygen atoms in total. The molecule has 1 saturated carbocycles. The van der Waals surface area contributed by atoms with Gasteiger partial charge in [-0.15, -0.1) is 0 Å². The third-order valence-electron chi connectivity index (χ3n) is 5.10. The summed E-state index contributed by atoms with van der Waals surface area (Å²) in [4.78, 5) is 0. The Morgan fingerprint density at radius 3 is 2.11 bits per heavy atom. The molecule has 0 amide bonds. The van der Waals surface area contributed by atoms with E-state index in [2.05, 4.69) is 26.1 Å². The van der Waals surface area contributed by atoms with E-state index in [1.165, 1.54) is 31.2 Å². The van der Waals surface area contributed by atoms with Crippen LogP contribution in [0.4, 0.5) is 4.39 Å². The lowest BCUT2D eigenvalue weighted by molar-refractivity contribution is 0.0132. The summed E-state index contributed by atoms with van der Waals surface area (Å²) in [5.41, 5.74) is 2.02. The molecule has 0 unspecified atom stereocenters. The van der Waals surface area contributed by atoms with Crippen LogP contribution in [-0.4, -0.2) is 13.1 Å². The molecular weight excluding hydrogens is 237 g/mol. The molecule has 0 radical (unpaired) electrons. The summed E-state index contributed by atoms with van der Waals surface area (Å²) in [7, 11) is 0. The molecule has 0 spiro atoms. The molecule has 1 N–H and O–H groups in total. The van der Waals surface area contributed by atoms with E-state index in [0.29, 0.717) is 5.41 Å². The van der Waals surface area contributed by atoms with Gasteiger partial charge in [0.25, 0.3) is 0 Å². The Morgan fingerprint density at radius 2 is 1.63 bits per heavy atom. The Balaban J connectivity index is 2.21. The second-order valence-electron chi connectivity index (χ2n) is 6.13. The fraction of sp³-hybridized carbons (Fsp3) is 0.647. The van der Waals surface area contributed by atoms with Gasteiger partial charge < -0.3 is 5.32 Å². The van der Waals surface area contributed by atoms with Crippen molar-refractivity contribution in [2.24, 2.45) is 5.41 Å². The van der Waals surface area contributed by atoms with Crippen molar-refractivity contribution in [2.45, 2.75) is 51.9 Å². The van der Waals surface area contributed by atoms with Gasteiger partial charge in [0.05, 0.1) is 0 Å². The zero-order valence-electron chi connectivity index (χ0n) is 12.4. The Morgan fingerprint density at radius 1 is 1.05 bits per heavy atom. The van der Waals surface area contributed by atoms with Crippen LogP contribution in [0.5, 0.6) is 0 Å². The SMILES string of the molecule is CCNCC1(c2ccc(F)cc2)CC(CC)(CC)C1. The Labute approximate surface area is 116 Å². The first-order valence-electron chi connectivity index (χ1n) is 7.56. The van der Waals surface area contributed by atoms with Crippen LogP contribution in [0.1, 0.15) is 52.0 Å². The highest BCUT2D eigenvalue weighted by molar-refractivity contribution is 5.31. The average Bonchev–Trinajstić information content (AvgIpc) is 2.40. The van der Waals surface area contributed by atoms with Crippen molar-refractivity contribution >= 4 is 0 Å². The van der Waals surface area contributed by atoms with E-state index in [1.807, 2.05) is 12.1 Å². The van der Waals surface area contributed by atoms with Gasteiger partial charge in [0.15, 0.2) is 0 Å². The van der Waals surface area contributed by atoms with Crippen LogP contribution >= 0.6 is 0 Å². The smallest absolute Gasteiger partial charge is 0.123 e. The largest absolute Gasteiger partial charge is 0.316 e. The molecule has 0 saturated heterocycles. The predicted molar refractivity (Wildman–Crippen MR) is 78.9 cm³/mol. The van der Waals surface area contributed by atoms with Gasteiger partial charge in [-0.2, -0.15) is 0 Å². The molecular formula is C17H26FN. The van der Waals surface area contributed by atoms with Gasteiger partial charge in [-0.25, -0.2) is 4.39 Å². The molecule has 106 valence electrons. The summed E-state index contributed by atoms with van der Waals surface area (Å²) < 4.78 is 13.1. The van der Waals surface area contributed by atoms with E-state index in [0.717, 1.165) is 13.1 Å². The molecule has 2 rings (SSSR count). The fourth-order valence-electron chi connectivity index (χ4n) is 3.73. The quantitative estimate of drug-likeness (QED) is 0.808. The minimum absolute atomic E-state index is 0.140. The molecule has 0 bridgehead atoms. The van der Waals surface area contributed by atoms with Crippen molar-refractivity contribution in [3.8, 4) is 0 Å². The molecule has 1 aliphatic carbocycles. The fourth-order valence-corrected chi connectivity index (χ4v) is 3.73. The first kappa shape index (κ1) is 14.5. The van der Waals surface area contributed by atoms with Crippen LogP contribution < -0.4 is 5.32 Å². The minimum Gasteiger partial charge on any atom is -0.316 e. The van der Waals surface area contributed by atoms with Gasteiger partial charge in [0.2, 0.25) is 0 Å². The number of rotatable bonds is 6. The highest BCUT2D eigenvalue weighted by Crippen LogP contribution is 2.58. The second-order valence-corrected chi connectivity index (χ2v) is 6.13. The summed E-state index contributed by atoms with van der Waals surface area (Å²) in [6.07, 6.45) is 4.95. The summed E-state index contributed by atoms with van der Waals surface area (Å²) in [5.74, 6) is -0.140. The molecule has 1 aromatic carbocycles. The van der Waals surface area contributed by atoms with Gasteiger partial charge in [-0.05, 0) is 42.5 Å². The molecule has 0 aliphatic heterocycles. The topological polar surface area (TPSA) is 12.0 Å². The van der Waals surface area contributed by atoms with E-state index in [4.69, 9.17) is 0 Å². The second kappa shape index (κ2) is 5.62. The molecule has 19 heavy (non-hydrogen) atoms. The van der Waals surface area contributed by atoms with Gasteiger partial charge >= 0.3 is 0 Å². The molecule has 1 aromatic rings. The van der Waals surface area contributed by atoms with Crippen LogP contribution in [0, 0.1) is 11.2 Å². The molecule has 0 heterocycles. The lowest BCUT2D eigenvalue weighted by Crippen LogP contribution is -2.54. The van der Waals surface area contributed by atoms with Crippen molar-refractivity contribution in [3.05, 3.63) is 35.6 Å². The number of nitrogens with one attached hydrogen (secondary N) is 1. The number of likely N-dealkylation sites (N-methyl/N-ethyl adjacent to an activating group) is 1. The maximum Gasteiger partial charge on any atom is 0.123 e. The average molecular weight is 263 g/mol. The van der Waals surface area contributed by atoms with Crippen molar-refractivity contribution in [1.29, 1.82) is 0 Å². The molecule has 2 heteroatoms. The van der Waals surface area contributed by atoms with Crippen molar-refractivity contribution < 1.29 is 4.39 Å². The predicted octanol–water partition coefficient (Wildman–Crippen LogP) is 4.27. The van der Waals surface area contributed by atoms with Gasteiger partial charge in [0.1, 0.15) is 5.82 Å². The van der Waals surface area contributed by atoms with Gasteiger partial charge in [0, 0.05) is 12.0 Å². The van der Waals surface area contributed by atoms with Gasteiger partial charge in [-0.1, -0.05) is 45.7 Å². The summed E-state index contributed by atoms with van der Waals surface area (Å²) in [6.45, 7) is 8.74. The van der Waals surface area contributed by atoms with Crippen LogP contribution in [0.2, 0.25) is 0 Å². The minimum atomic E-state index is -0.140. The van der Waals surface area contributed by atoms with E-state index < -0.39 is 0 Å². The maximum absolute atomic E-state index is 13.1. The van der Waals surface area contributed by atoms with Crippen LogP contribution in [0.25, 0.3) is 0 Å². The first-order chi connectivity index (χ1) is 9.10. The van der Waals surface area contributed by atoms with Crippen molar-refractivity contribution in [2.75, 3.05) is 13.1 Å². The Bertz CT molecular complexity index is 398. The monoisotopic (exact) mass is 263 g/mol. The van der Waals surface area contributed by atoms with Crippen molar-refractivity contribution in [3.63, 3.8) is 0 Å². The Hall–Kier alpha value is -0.890. The summed E-state index contributed by atoms with van der Waals surface area (Å²) in [6, 6.07) is 7.14. The first-order valence-corrected chi connectivity index (χ1v) is 7.56. The van der Waals surface area contributed by atoms with E-state index in [-0.39, 0.29) is 11.2 Å². The lowest BCUT2D eigenvalue weighted by Gasteiger charge is -2.57. The number of hydrogen-bond acceptors (Lipinski definition) is 1. The standard InChI is InChI=1S/C17H26FN/c1-4-16(5-2)11-17(12-16,13-19-6-3)14-7-9-15(18)10-8-14/h7-10,19H,4-6,11-13H2,1-3H3. The normalized spacial score (nSPS) is 20.0. The summed E-state index contributed by atoms with van der Waals surface area (Å²) in [5, 5.41) is 3.50. The number of hydrogen-bond donors (Lipinski definition) is 1. The van der Waals surface area contributed by atoms with E-state index in [9.17, 15) is 4.39 Å². The number of halogens is 1. The van der Waals surface area contributed by atoms with Crippen molar-refractivity contribution in [1.82, 2.24) is 5.32 Å². The van der Waals surface area contributed by atoms with Crippen LogP contribution in [0.3, 0.4) is 0 Å². The zero-order valence-corrected chi connectivity index (χ0v) is 12.4. The van der Waals surface area contributed by atoms with Crippen LogP contribution in [0.15, 0.2) is 24.3 Å². The zero-order chi connectivity index (χ0) is 13.9. The maximum atomic E-state index is 13.1. The highest BCUT2D eigenvalue weighted by atomic mass is 19.1. The van der Waals surface area contributed by atoms with Gasteiger partial charge in [-0.3, -0.25) is 0 Å². The Kier molecular flexibility index (Phi) is 4.29. The summed E-state index contributed by atoms with van der Waals surface area (Å²) >= 11 is 0. The van der Waals surface area contributed by atoms with Crippen LogP contribution in [-0.2, 0) is 5.41 Å². The molecule has 1 fully saturated rings. The third-order valence-corrected chi connectivity index (χ3v) is 5.10. The molecule has 0 atom stereocenters. The lowest BCUT2D eigenvalue weighted by atomic mass is 9.48.